The first-order chi connectivity index (χ1) is 24.8. The second-order valence-corrected chi connectivity index (χ2v) is 12.7. The molecular formula is C28H44N2O23. The van der Waals surface area contributed by atoms with Crippen LogP contribution >= 0.6 is 0 Å². The SMILES string of the molecule is CC(=O)N[C@@H]1[C@H](O[C@@H]2O[C@H](C(=O)O)[C@@H](O[C@@H]3O[C@H](CO)[C@@H](O)[C@@H](O[C@@H]4O[C@H](C(=O)O)[C@@H](O)[C@H](O)[C@H]4O)[C@H]3NC(C)=O)[C@H](O)[C@H]2O)[C@H](O)[C@@H](CO)O[C@H]1O. The fraction of sp³-hybridized carbons (Fsp3) is 0.857. The second kappa shape index (κ2) is 17.8. The number of carbonyl (C=O) groups excluding carboxylic acids is 2. The van der Waals surface area contributed by atoms with Crippen LogP contribution in [0, 0.1) is 0 Å². The maximum Gasteiger partial charge on any atom is 0.335 e. The van der Waals surface area contributed by atoms with E-state index in [0.29, 0.717) is 0 Å². The summed E-state index contributed by atoms with van der Waals surface area (Å²) in [5.74, 6) is -5.28. The summed E-state index contributed by atoms with van der Waals surface area (Å²) < 4.78 is 38.0. The number of hydrogen-bond donors (Lipinski definition) is 14. The molecule has 0 unspecified atom stereocenters. The Bertz CT molecular complexity index is 1300. The number of hydrogen-bond acceptors (Lipinski definition) is 21. The molecule has 0 aliphatic carbocycles. The smallest absolute Gasteiger partial charge is 0.335 e. The molecule has 4 heterocycles. The molecular weight excluding hydrogens is 732 g/mol. The predicted molar refractivity (Wildman–Crippen MR) is 158 cm³/mol. The molecule has 2 amide bonds. The van der Waals surface area contributed by atoms with Crippen molar-refractivity contribution in [2.75, 3.05) is 13.2 Å². The maximum absolute atomic E-state index is 12.5. The molecule has 0 aromatic rings. The molecule has 0 radical (unpaired) electrons. The van der Waals surface area contributed by atoms with Gasteiger partial charge in [0.05, 0.1) is 13.2 Å². The lowest BCUT2D eigenvalue weighted by atomic mass is 9.94. The molecule has 304 valence electrons. The fourth-order valence-corrected chi connectivity index (χ4v) is 6.30. The largest absolute Gasteiger partial charge is 0.479 e. The van der Waals surface area contributed by atoms with E-state index in [-0.39, 0.29) is 0 Å². The highest BCUT2D eigenvalue weighted by atomic mass is 16.8. The zero-order valence-electron chi connectivity index (χ0n) is 27.8. The Hall–Kier alpha value is -2.80. The van der Waals surface area contributed by atoms with Gasteiger partial charge in [-0.3, -0.25) is 9.59 Å². The van der Waals surface area contributed by atoms with E-state index in [1.807, 2.05) is 0 Å². The summed E-state index contributed by atoms with van der Waals surface area (Å²) in [5.41, 5.74) is 0. The standard InChI is InChI=1S/C28H44N2O23/c1-5(33)29-9-18(11(35)7(3-31)47-25(9)46)49-28-17(41)15(39)20(22(53-28)24(44)45)51-26-10(30-6(2)34)19(12(36)8(4-32)48-26)50-27-16(40)13(37)14(38)21(52-27)23(42)43/h7-22,25-28,31-32,35-41,46H,3-4H2,1-2H3,(H,29,33)(H,30,34)(H,42,43)(H,44,45)/t7-,8-,9-,10-,11-,12-,13+,14+,15-,16-,17-,18+,19+,20+,21+,22+,25-,26+,27-,28-/m1/s1. The Labute approximate surface area is 298 Å². The fourth-order valence-electron chi connectivity index (χ4n) is 6.30. The molecule has 0 aromatic carbocycles. The van der Waals surface area contributed by atoms with Crippen molar-refractivity contribution in [1.82, 2.24) is 10.6 Å². The van der Waals surface area contributed by atoms with E-state index >= 15 is 0 Å². The summed E-state index contributed by atoms with van der Waals surface area (Å²) in [6, 6.07) is -3.38. The van der Waals surface area contributed by atoms with E-state index < -0.39 is 160 Å². The molecule has 4 aliphatic rings. The Balaban J connectivity index is 1.62. The van der Waals surface area contributed by atoms with Gasteiger partial charge in [-0.1, -0.05) is 0 Å². The van der Waals surface area contributed by atoms with Crippen LogP contribution in [0.15, 0.2) is 0 Å². The molecule has 25 heteroatoms. The van der Waals surface area contributed by atoms with Gasteiger partial charge in [0, 0.05) is 13.8 Å². The molecule has 0 aromatic heterocycles. The first-order valence-corrected chi connectivity index (χ1v) is 16.1. The van der Waals surface area contributed by atoms with E-state index in [0.717, 1.165) is 13.8 Å². The molecule has 0 saturated carbocycles. The Morgan fingerprint density at radius 3 is 1.43 bits per heavy atom. The zero-order chi connectivity index (χ0) is 39.6. The van der Waals surface area contributed by atoms with E-state index in [1.54, 1.807) is 0 Å². The van der Waals surface area contributed by atoms with Gasteiger partial charge in [-0.2, -0.15) is 0 Å². The van der Waals surface area contributed by atoms with Gasteiger partial charge in [-0.05, 0) is 0 Å². The van der Waals surface area contributed by atoms with Crippen molar-refractivity contribution in [1.29, 1.82) is 0 Å². The van der Waals surface area contributed by atoms with Gasteiger partial charge in [0.2, 0.25) is 11.8 Å². The second-order valence-electron chi connectivity index (χ2n) is 12.7. The van der Waals surface area contributed by atoms with Gasteiger partial charge in [-0.15, -0.1) is 0 Å². The first kappa shape index (κ1) is 42.9. The average Bonchev–Trinajstić information content (AvgIpc) is 3.08. The topological polar surface area (TPSA) is 400 Å². The molecule has 25 nitrogen and oxygen atoms in total. The van der Waals surface area contributed by atoms with Gasteiger partial charge < -0.3 is 105 Å². The molecule has 0 bridgehead atoms. The number of rotatable bonds is 12. The third-order valence-corrected chi connectivity index (χ3v) is 8.94. The monoisotopic (exact) mass is 776 g/mol. The normalized spacial score (nSPS) is 46.3. The van der Waals surface area contributed by atoms with Crippen LogP contribution in [0.2, 0.25) is 0 Å². The minimum Gasteiger partial charge on any atom is -0.479 e. The quantitative estimate of drug-likeness (QED) is 0.0875. The van der Waals surface area contributed by atoms with Crippen molar-refractivity contribution >= 4 is 23.8 Å². The minimum absolute atomic E-state index is 0.752. The van der Waals surface area contributed by atoms with Crippen LogP contribution in [0.3, 0.4) is 0 Å². The van der Waals surface area contributed by atoms with Gasteiger partial charge in [0.1, 0.15) is 85.3 Å². The first-order valence-electron chi connectivity index (χ1n) is 16.1. The Morgan fingerprint density at radius 2 is 0.943 bits per heavy atom. The maximum atomic E-state index is 12.5. The number of carboxylic acid groups (broad SMARTS) is 2. The molecule has 4 saturated heterocycles. The van der Waals surface area contributed by atoms with E-state index in [1.165, 1.54) is 0 Å². The molecule has 4 rings (SSSR count). The van der Waals surface area contributed by atoms with Gasteiger partial charge in [0.15, 0.2) is 37.4 Å². The van der Waals surface area contributed by atoms with Crippen LogP contribution in [-0.2, 0) is 52.3 Å². The summed E-state index contributed by atoms with van der Waals surface area (Å²) in [6.07, 6.45) is -36.5. The van der Waals surface area contributed by atoms with Crippen LogP contribution in [0.5, 0.6) is 0 Å². The number of nitrogens with one attached hydrogen (secondary N) is 2. The Morgan fingerprint density at radius 1 is 0.509 bits per heavy atom. The van der Waals surface area contributed by atoms with Crippen molar-refractivity contribution in [3.05, 3.63) is 0 Å². The summed E-state index contributed by atoms with van der Waals surface area (Å²) in [4.78, 5) is 48.2. The van der Waals surface area contributed by atoms with E-state index in [4.69, 9.17) is 33.2 Å². The number of amides is 2. The number of aliphatic hydroxyl groups excluding tert-OH is 10. The van der Waals surface area contributed by atoms with Gasteiger partial charge in [-0.25, -0.2) is 9.59 Å². The lowest BCUT2D eigenvalue weighted by Gasteiger charge is -2.49. The molecule has 20 atom stereocenters. The number of carboxylic acids is 2. The average molecular weight is 777 g/mol. The molecule has 53 heavy (non-hydrogen) atoms. The number of aliphatic carboxylic acids is 2. The summed E-state index contributed by atoms with van der Waals surface area (Å²) in [6.45, 7) is 0.116. The molecule has 4 aliphatic heterocycles. The summed E-state index contributed by atoms with van der Waals surface area (Å²) in [7, 11) is 0. The van der Waals surface area contributed by atoms with Crippen molar-refractivity contribution in [2.24, 2.45) is 0 Å². The van der Waals surface area contributed by atoms with Gasteiger partial charge >= 0.3 is 11.9 Å². The van der Waals surface area contributed by atoms with E-state index in [2.05, 4.69) is 10.6 Å². The van der Waals surface area contributed by atoms with Crippen molar-refractivity contribution in [3.8, 4) is 0 Å². The van der Waals surface area contributed by atoms with Crippen LogP contribution < -0.4 is 10.6 Å². The zero-order valence-corrected chi connectivity index (χ0v) is 27.8. The highest BCUT2D eigenvalue weighted by Crippen LogP contribution is 2.34. The lowest BCUT2D eigenvalue weighted by Crippen LogP contribution is -2.70. The third kappa shape index (κ3) is 9.19. The molecule has 0 spiro atoms. The van der Waals surface area contributed by atoms with Crippen LogP contribution in [0.1, 0.15) is 13.8 Å². The van der Waals surface area contributed by atoms with Gasteiger partial charge in [0.25, 0.3) is 0 Å². The highest BCUT2D eigenvalue weighted by Gasteiger charge is 2.57. The molecule has 14 N–H and O–H groups in total. The third-order valence-electron chi connectivity index (χ3n) is 8.94. The summed E-state index contributed by atoms with van der Waals surface area (Å²) >= 11 is 0. The van der Waals surface area contributed by atoms with Crippen LogP contribution in [0.25, 0.3) is 0 Å². The number of ether oxygens (including phenoxy) is 7. The number of carbonyl (C=O) groups is 4. The predicted octanol–water partition coefficient (Wildman–Crippen LogP) is -9.28. The molecule has 4 fully saturated rings. The Kier molecular flexibility index (Phi) is 14.4. The summed E-state index contributed by atoms with van der Waals surface area (Å²) in [5, 5.41) is 129. The highest BCUT2D eigenvalue weighted by molar-refractivity contribution is 5.74. The van der Waals surface area contributed by atoms with Crippen molar-refractivity contribution in [3.63, 3.8) is 0 Å². The van der Waals surface area contributed by atoms with Crippen LogP contribution in [0.4, 0.5) is 0 Å². The minimum atomic E-state index is -2.30. The van der Waals surface area contributed by atoms with Crippen molar-refractivity contribution in [2.45, 2.75) is 137 Å². The van der Waals surface area contributed by atoms with E-state index in [9.17, 15) is 80.5 Å². The van der Waals surface area contributed by atoms with Crippen molar-refractivity contribution < 1.29 is 114 Å². The van der Waals surface area contributed by atoms with Crippen LogP contribution in [-0.4, -0.2) is 221 Å². The number of aliphatic hydroxyl groups is 10. The lowest BCUT2D eigenvalue weighted by molar-refractivity contribution is -0.368.